The molecule has 1 aromatic carbocycles. The number of rotatable bonds is 5. The topological polar surface area (TPSA) is 40.5 Å². The normalized spacial score (nSPS) is 13.1. The van der Waals surface area contributed by atoms with Gasteiger partial charge in [-0.25, -0.2) is 0 Å². The van der Waals surface area contributed by atoms with Crippen LogP contribution in [0.25, 0.3) is 0 Å². The van der Waals surface area contributed by atoms with Crippen LogP contribution in [-0.4, -0.2) is 29.1 Å². The van der Waals surface area contributed by atoms with Gasteiger partial charge in [-0.1, -0.05) is 37.0 Å². The van der Waals surface area contributed by atoms with Crippen molar-refractivity contribution in [2.24, 2.45) is 5.92 Å². The Morgan fingerprint density at radius 2 is 1.78 bits per heavy atom. The second-order valence-corrected chi connectivity index (χ2v) is 5.59. The standard InChI is InChI=1S/C13H17Cl2NO2/c1-8(2)12(13(17)18)16(3)7-9-4-10(14)6-11(15)5-9/h4-6,8,12H,7H2,1-3H3,(H,17,18). The van der Waals surface area contributed by atoms with Crippen molar-refractivity contribution in [3.63, 3.8) is 0 Å². The molecule has 0 aliphatic carbocycles. The lowest BCUT2D eigenvalue weighted by Gasteiger charge is -2.27. The van der Waals surface area contributed by atoms with Crippen molar-refractivity contribution in [3.8, 4) is 0 Å². The third-order valence-corrected chi connectivity index (χ3v) is 3.15. The van der Waals surface area contributed by atoms with E-state index >= 15 is 0 Å². The smallest absolute Gasteiger partial charge is 0.321 e. The number of halogens is 2. The van der Waals surface area contributed by atoms with Crippen LogP contribution in [0.3, 0.4) is 0 Å². The first-order valence-electron chi connectivity index (χ1n) is 5.69. The van der Waals surface area contributed by atoms with Gasteiger partial charge in [0.2, 0.25) is 0 Å². The van der Waals surface area contributed by atoms with Crippen molar-refractivity contribution in [2.75, 3.05) is 7.05 Å². The fourth-order valence-corrected chi connectivity index (χ4v) is 2.64. The Kier molecular flexibility index (Phi) is 5.45. The lowest BCUT2D eigenvalue weighted by molar-refractivity contribution is -0.144. The minimum Gasteiger partial charge on any atom is -0.480 e. The number of benzene rings is 1. The van der Waals surface area contributed by atoms with Crippen molar-refractivity contribution >= 4 is 29.2 Å². The molecule has 100 valence electrons. The largest absolute Gasteiger partial charge is 0.480 e. The molecule has 1 atom stereocenters. The molecule has 3 nitrogen and oxygen atoms in total. The van der Waals surface area contributed by atoms with Gasteiger partial charge in [-0.15, -0.1) is 0 Å². The summed E-state index contributed by atoms with van der Waals surface area (Å²) in [5.41, 5.74) is 0.905. The van der Waals surface area contributed by atoms with Gasteiger partial charge in [-0.05, 0) is 36.7 Å². The summed E-state index contributed by atoms with van der Waals surface area (Å²) in [6.45, 7) is 4.27. The molecular weight excluding hydrogens is 273 g/mol. The van der Waals surface area contributed by atoms with Crippen LogP contribution in [0.5, 0.6) is 0 Å². The van der Waals surface area contributed by atoms with E-state index in [2.05, 4.69) is 0 Å². The third-order valence-electron chi connectivity index (χ3n) is 2.71. The van der Waals surface area contributed by atoms with E-state index in [1.165, 1.54) is 0 Å². The second kappa shape index (κ2) is 6.41. The molecule has 0 aliphatic heterocycles. The highest BCUT2D eigenvalue weighted by Gasteiger charge is 2.26. The molecule has 0 amide bonds. The lowest BCUT2D eigenvalue weighted by Crippen LogP contribution is -2.41. The molecule has 0 saturated heterocycles. The van der Waals surface area contributed by atoms with Gasteiger partial charge in [0.1, 0.15) is 6.04 Å². The molecule has 18 heavy (non-hydrogen) atoms. The molecule has 1 aromatic rings. The van der Waals surface area contributed by atoms with Crippen LogP contribution in [-0.2, 0) is 11.3 Å². The number of nitrogens with zero attached hydrogens (tertiary/aromatic N) is 1. The molecule has 0 spiro atoms. The molecule has 1 unspecified atom stereocenters. The molecular formula is C13H17Cl2NO2. The van der Waals surface area contributed by atoms with Crippen molar-refractivity contribution in [3.05, 3.63) is 33.8 Å². The van der Waals surface area contributed by atoms with Gasteiger partial charge < -0.3 is 5.11 Å². The van der Waals surface area contributed by atoms with E-state index in [1.54, 1.807) is 30.1 Å². The Morgan fingerprint density at radius 1 is 1.28 bits per heavy atom. The summed E-state index contributed by atoms with van der Waals surface area (Å²) in [7, 11) is 1.79. The number of hydrogen-bond acceptors (Lipinski definition) is 2. The molecule has 0 heterocycles. The van der Waals surface area contributed by atoms with Crippen LogP contribution in [0.2, 0.25) is 10.0 Å². The molecule has 0 fully saturated rings. The van der Waals surface area contributed by atoms with Crippen molar-refractivity contribution in [1.82, 2.24) is 4.90 Å². The average molecular weight is 290 g/mol. The summed E-state index contributed by atoms with van der Waals surface area (Å²) in [5.74, 6) is -0.789. The van der Waals surface area contributed by atoms with E-state index in [-0.39, 0.29) is 5.92 Å². The Bertz CT molecular complexity index is 415. The number of aliphatic carboxylic acids is 1. The number of carbonyl (C=O) groups is 1. The van der Waals surface area contributed by atoms with Crippen LogP contribution in [0, 0.1) is 5.92 Å². The summed E-state index contributed by atoms with van der Waals surface area (Å²) >= 11 is 11.8. The van der Waals surface area contributed by atoms with E-state index < -0.39 is 12.0 Å². The zero-order chi connectivity index (χ0) is 13.9. The first-order chi connectivity index (χ1) is 8.31. The summed E-state index contributed by atoms with van der Waals surface area (Å²) in [6.07, 6.45) is 0. The van der Waals surface area contributed by atoms with Gasteiger partial charge in [-0.2, -0.15) is 0 Å². The highest BCUT2D eigenvalue weighted by atomic mass is 35.5. The highest BCUT2D eigenvalue weighted by Crippen LogP contribution is 2.21. The van der Waals surface area contributed by atoms with E-state index in [9.17, 15) is 9.90 Å². The van der Waals surface area contributed by atoms with Crippen molar-refractivity contribution < 1.29 is 9.90 Å². The van der Waals surface area contributed by atoms with Crippen LogP contribution in [0.4, 0.5) is 0 Å². The third kappa shape index (κ3) is 4.16. The summed E-state index contributed by atoms with van der Waals surface area (Å²) in [5, 5.41) is 10.3. The first-order valence-corrected chi connectivity index (χ1v) is 6.45. The van der Waals surface area contributed by atoms with Crippen LogP contribution >= 0.6 is 23.2 Å². The van der Waals surface area contributed by atoms with Crippen LogP contribution in [0.15, 0.2) is 18.2 Å². The van der Waals surface area contributed by atoms with Gasteiger partial charge in [-0.3, -0.25) is 9.69 Å². The van der Waals surface area contributed by atoms with Gasteiger partial charge in [0.15, 0.2) is 0 Å². The lowest BCUT2D eigenvalue weighted by atomic mass is 10.0. The van der Waals surface area contributed by atoms with Crippen LogP contribution in [0.1, 0.15) is 19.4 Å². The fraction of sp³-hybridized carbons (Fsp3) is 0.462. The van der Waals surface area contributed by atoms with Crippen LogP contribution < -0.4 is 0 Å². The zero-order valence-electron chi connectivity index (χ0n) is 10.7. The predicted octanol–water partition coefficient (Wildman–Crippen LogP) is 3.53. The molecule has 0 saturated carbocycles. The minimum absolute atomic E-state index is 0.0298. The maximum atomic E-state index is 11.2. The van der Waals surface area contributed by atoms with Gasteiger partial charge in [0, 0.05) is 16.6 Å². The first kappa shape index (κ1) is 15.3. The Morgan fingerprint density at radius 3 is 2.17 bits per heavy atom. The van der Waals surface area contributed by atoms with E-state index in [1.807, 2.05) is 13.8 Å². The number of hydrogen-bond donors (Lipinski definition) is 1. The monoisotopic (exact) mass is 289 g/mol. The summed E-state index contributed by atoms with van der Waals surface area (Å²) in [4.78, 5) is 13.0. The molecule has 0 aliphatic rings. The zero-order valence-corrected chi connectivity index (χ0v) is 12.2. The van der Waals surface area contributed by atoms with E-state index in [0.717, 1.165) is 5.56 Å². The average Bonchev–Trinajstić information content (AvgIpc) is 2.13. The maximum Gasteiger partial charge on any atom is 0.321 e. The number of carboxylic acid groups (broad SMARTS) is 1. The SMILES string of the molecule is CC(C)C(C(=O)O)N(C)Cc1cc(Cl)cc(Cl)c1. The van der Waals surface area contributed by atoms with E-state index in [0.29, 0.717) is 16.6 Å². The summed E-state index contributed by atoms with van der Waals surface area (Å²) < 4.78 is 0. The van der Waals surface area contributed by atoms with Gasteiger partial charge in [0.05, 0.1) is 0 Å². The quantitative estimate of drug-likeness (QED) is 0.901. The summed E-state index contributed by atoms with van der Waals surface area (Å²) in [6, 6.07) is 4.72. The van der Waals surface area contributed by atoms with Crippen molar-refractivity contribution in [2.45, 2.75) is 26.4 Å². The molecule has 0 radical (unpaired) electrons. The Balaban J connectivity index is 2.85. The highest BCUT2D eigenvalue weighted by molar-refractivity contribution is 6.34. The predicted molar refractivity (Wildman–Crippen MR) is 74.2 cm³/mol. The fourth-order valence-electron chi connectivity index (χ4n) is 2.07. The Hall–Kier alpha value is -0.770. The van der Waals surface area contributed by atoms with E-state index in [4.69, 9.17) is 23.2 Å². The van der Waals surface area contributed by atoms with Gasteiger partial charge in [0.25, 0.3) is 0 Å². The number of likely N-dealkylation sites (N-methyl/N-ethyl adjacent to an activating group) is 1. The maximum absolute atomic E-state index is 11.2. The molecule has 1 N–H and O–H groups in total. The van der Waals surface area contributed by atoms with Gasteiger partial charge >= 0.3 is 5.97 Å². The Labute approximate surface area is 117 Å². The molecule has 0 aromatic heterocycles. The second-order valence-electron chi connectivity index (χ2n) is 4.72. The molecule has 1 rings (SSSR count). The number of carboxylic acids is 1. The molecule has 5 heteroatoms. The minimum atomic E-state index is -0.819. The van der Waals surface area contributed by atoms with Crippen molar-refractivity contribution in [1.29, 1.82) is 0 Å². The molecule has 0 bridgehead atoms.